The van der Waals surface area contributed by atoms with Crippen LogP contribution in [0.3, 0.4) is 0 Å². The zero-order chi connectivity index (χ0) is 17.7. The van der Waals surface area contributed by atoms with Crippen LogP contribution >= 0.6 is 24.0 Å². The number of benzene rings is 2. The summed E-state index contributed by atoms with van der Waals surface area (Å²) in [5.74, 6) is -0.682. The van der Waals surface area contributed by atoms with E-state index in [1.165, 1.54) is 12.1 Å². The molecule has 1 amide bonds. The van der Waals surface area contributed by atoms with Crippen molar-refractivity contribution in [3.8, 4) is 0 Å². The van der Waals surface area contributed by atoms with Gasteiger partial charge in [0.25, 0.3) is 0 Å². The molecule has 0 aromatic heterocycles. The van der Waals surface area contributed by atoms with E-state index in [4.69, 9.17) is 11.6 Å². The van der Waals surface area contributed by atoms with Crippen LogP contribution < -0.4 is 10.6 Å². The van der Waals surface area contributed by atoms with Crippen LogP contribution in [0.4, 0.5) is 4.39 Å². The summed E-state index contributed by atoms with van der Waals surface area (Å²) in [6.45, 7) is 4.42. The van der Waals surface area contributed by atoms with E-state index in [0.717, 1.165) is 11.1 Å². The molecule has 2 aromatic rings. The van der Waals surface area contributed by atoms with E-state index in [2.05, 4.69) is 10.6 Å². The third-order valence-corrected chi connectivity index (χ3v) is 4.26. The number of halogens is 3. The first-order valence-electron chi connectivity index (χ1n) is 7.89. The fourth-order valence-corrected chi connectivity index (χ4v) is 2.79. The second kappa shape index (κ2) is 9.76. The molecule has 0 fully saturated rings. The van der Waals surface area contributed by atoms with E-state index in [-0.39, 0.29) is 24.2 Å². The van der Waals surface area contributed by atoms with E-state index < -0.39 is 11.9 Å². The maximum atomic E-state index is 13.4. The topological polar surface area (TPSA) is 41.1 Å². The van der Waals surface area contributed by atoms with Gasteiger partial charge in [-0.25, -0.2) is 4.39 Å². The first-order chi connectivity index (χ1) is 11.4. The first-order valence-corrected chi connectivity index (χ1v) is 8.26. The third kappa shape index (κ3) is 5.70. The Labute approximate surface area is 159 Å². The van der Waals surface area contributed by atoms with Crippen molar-refractivity contribution in [3.63, 3.8) is 0 Å². The van der Waals surface area contributed by atoms with Crippen LogP contribution in [0.5, 0.6) is 0 Å². The summed E-state index contributed by atoms with van der Waals surface area (Å²) in [7, 11) is 1.80. The molecule has 0 heterocycles. The van der Waals surface area contributed by atoms with Crippen molar-refractivity contribution >= 4 is 29.9 Å². The Morgan fingerprint density at radius 3 is 2.40 bits per heavy atom. The molecule has 136 valence electrons. The van der Waals surface area contributed by atoms with Crippen molar-refractivity contribution in [2.24, 2.45) is 5.92 Å². The molecule has 0 spiro atoms. The maximum Gasteiger partial charge on any atom is 0.224 e. The lowest BCUT2D eigenvalue weighted by Crippen LogP contribution is -2.37. The lowest BCUT2D eigenvalue weighted by molar-refractivity contribution is -0.124. The van der Waals surface area contributed by atoms with Gasteiger partial charge in [-0.2, -0.15) is 0 Å². The Morgan fingerprint density at radius 2 is 1.84 bits per heavy atom. The highest BCUT2D eigenvalue weighted by Gasteiger charge is 2.22. The second-order valence-electron chi connectivity index (χ2n) is 5.98. The standard InChI is InChI=1S/C19H22ClFN2O.ClH/c1-12-4-6-14(7-5-12)18(23-19(24)13(2)11-22-3)16-9-8-15(21)10-17(16)20;/h4-10,13,18,22H,11H2,1-3H3,(H,23,24);1H. The van der Waals surface area contributed by atoms with Gasteiger partial charge in [0.1, 0.15) is 5.82 Å². The highest BCUT2D eigenvalue weighted by atomic mass is 35.5. The molecule has 2 aromatic carbocycles. The number of hydrogen-bond donors (Lipinski definition) is 2. The minimum Gasteiger partial charge on any atom is -0.345 e. The van der Waals surface area contributed by atoms with Crippen molar-refractivity contribution < 1.29 is 9.18 Å². The molecule has 25 heavy (non-hydrogen) atoms. The van der Waals surface area contributed by atoms with Crippen LogP contribution in [-0.2, 0) is 4.79 Å². The van der Waals surface area contributed by atoms with Crippen LogP contribution in [0.2, 0.25) is 5.02 Å². The molecule has 0 aliphatic heterocycles. The number of aryl methyl sites for hydroxylation is 1. The minimum absolute atomic E-state index is 0. The molecular weight excluding hydrogens is 362 g/mol. The van der Waals surface area contributed by atoms with Crippen LogP contribution in [0.1, 0.15) is 29.7 Å². The van der Waals surface area contributed by atoms with E-state index >= 15 is 0 Å². The minimum atomic E-state index is -0.425. The largest absolute Gasteiger partial charge is 0.345 e. The van der Waals surface area contributed by atoms with Gasteiger partial charge in [0.2, 0.25) is 5.91 Å². The zero-order valence-corrected chi connectivity index (χ0v) is 16.0. The summed E-state index contributed by atoms with van der Waals surface area (Å²) < 4.78 is 13.4. The van der Waals surface area contributed by atoms with E-state index in [1.807, 2.05) is 38.1 Å². The van der Waals surface area contributed by atoms with Crippen molar-refractivity contribution in [1.29, 1.82) is 0 Å². The average molecular weight is 385 g/mol. The number of nitrogens with one attached hydrogen (secondary N) is 2. The Balaban J connectivity index is 0.00000312. The molecule has 0 saturated heterocycles. The van der Waals surface area contributed by atoms with Crippen molar-refractivity contribution in [2.75, 3.05) is 13.6 Å². The predicted octanol–water partition coefficient (Wildman–Crippen LogP) is 4.27. The van der Waals surface area contributed by atoms with Gasteiger partial charge in [-0.1, -0.05) is 54.4 Å². The molecule has 2 unspecified atom stereocenters. The molecule has 0 aliphatic rings. The van der Waals surface area contributed by atoms with Crippen molar-refractivity contribution in [2.45, 2.75) is 19.9 Å². The van der Waals surface area contributed by atoms with Gasteiger partial charge in [-0.3, -0.25) is 4.79 Å². The monoisotopic (exact) mass is 384 g/mol. The third-order valence-electron chi connectivity index (χ3n) is 3.93. The van der Waals surface area contributed by atoms with E-state index in [1.54, 1.807) is 13.1 Å². The summed E-state index contributed by atoms with van der Waals surface area (Å²) >= 11 is 6.23. The summed E-state index contributed by atoms with van der Waals surface area (Å²) in [6.07, 6.45) is 0. The average Bonchev–Trinajstić information content (AvgIpc) is 2.54. The summed E-state index contributed by atoms with van der Waals surface area (Å²) in [4.78, 5) is 12.5. The lowest BCUT2D eigenvalue weighted by Gasteiger charge is -2.23. The van der Waals surface area contributed by atoms with Crippen molar-refractivity contribution in [3.05, 3.63) is 70.0 Å². The van der Waals surface area contributed by atoms with Gasteiger partial charge < -0.3 is 10.6 Å². The van der Waals surface area contributed by atoms with Crippen LogP contribution in [0.25, 0.3) is 0 Å². The quantitative estimate of drug-likeness (QED) is 0.780. The Kier molecular flexibility index (Phi) is 8.36. The number of rotatable bonds is 6. The fraction of sp³-hybridized carbons (Fsp3) is 0.316. The smallest absolute Gasteiger partial charge is 0.224 e. The fourth-order valence-electron chi connectivity index (χ4n) is 2.52. The summed E-state index contributed by atoms with van der Waals surface area (Å²) in [5.41, 5.74) is 2.70. The number of amides is 1. The Morgan fingerprint density at radius 1 is 1.20 bits per heavy atom. The number of carbonyl (C=O) groups is 1. The highest BCUT2D eigenvalue weighted by molar-refractivity contribution is 6.31. The molecule has 0 bridgehead atoms. The molecule has 3 nitrogen and oxygen atoms in total. The second-order valence-corrected chi connectivity index (χ2v) is 6.38. The van der Waals surface area contributed by atoms with Gasteiger partial charge >= 0.3 is 0 Å². The van der Waals surface area contributed by atoms with Crippen molar-refractivity contribution in [1.82, 2.24) is 10.6 Å². The van der Waals surface area contributed by atoms with E-state index in [9.17, 15) is 9.18 Å². The molecular formula is C19H23Cl2FN2O. The van der Waals surface area contributed by atoms with Gasteiger partial charge in [0.15, 0.2) is 0 Å². The Bertz CT molecular complexity index is 707. The highest BCUT2D eigenvalue weighted by Crippen LogP contribution is 2.29. The molecule has 2 N–H and O–H groups in total. The van der Waals surface area contributed by atoms with Gasteiger partial charge in [0.05, 0.1) is 6.04 Å². The van der Waals surface area contributed by atoms with Gasteiger partial charge in [0, 0.05) is 17.5 Å². The maximum absolute atomic E-state index is 13.4. The molecule has 0 saturated carbocycles. The SMILES string of the molecule is CNCC(C)C(=O)NC(c1ccc(C)cc1)c1ccc(F)cc1Cl.Cl. The summed E-state index contributed by atoms with van der Waals surface area (Å²) in [5, 5.41) is 6.31. The Hall–Kier alpha value is -1.62. The van der Waals surface area contributed by atoms with Crippen LogP contribution in [0.15, 0.2) is 42.5 Å². The molecule has 2 atom stereocenters. The normalized spacial score (nSPS) is 12.8. The lowest BCUT2D eigenvalue weighted by atomic mass is 9.96. The molecule has 2 rings (SSSR count). The number of carbonyl (C=O) groups excluding carboxylic acids is 1. The van der Waals surface area contributed by atoms with Gasteiger partial charge in [-0.15, -0.1) is 12.4 Å². The first kappa shape index (κ1) is 21.4. The predicted molar refractivity (Wildman–Crippen MR) is 103 cm³/mol. The van der Waals surface area contributed by atoms with Crippen LogP contribution in [0, 0.1) is 18.7 Å². The molecule has 6 heteroatoms. The molecule has 0 radical (unpaired) electrons. The van der Waals surface area contributed by atoms with Gasteiger partial charge in [-0.05, 0) is 37.2 Å². The zero-order valence-electron chi connectivity index (χ0n) is 14.5. The number of hydrogen-bond acceptors (Lipinski definition) is 2. The van der Waals surface area contributed by atoms with E-state index in [0.29, 0.717) is 17.1 Å². The van der Waals surface area contributed by atoms with Crippen LogP contribution in [-0.4, -0.2) is 19.5 Å². The molecule has 0 aliphatic carbocycles. The summed E-state index contributed by atoms with van der Waals surface area (Å²) in [6, 6.07) is 11.7.